The number of carbonyl (C=O) groups is 1. The van der Waals surface area contributed by atoms with Gasteiger partial charge in [-0.1, -0.05) is 42.5 Å². The lowest BCUT2D eigenvalue weighted by molar-refractivity contribution is 0.112. The Labute approximate surface area is 111 Å². The maximum Gasteiger partial charge on any atom is 0.150 e. The molecule has 3 aromatic rings. The van der Waals surface area contributed by atoms with E-state index in [2.05, 4.69) is 9.97 Å². The number of hydrogen-bond acceptors (Lipinski definition) is 3. The van der Waals surface area contributed by atoms with Crippen molar-refractivity contribution in [2.24, 2.45) is 0 Å². The number of aldehydes is 1. The molecule has 0 spiro atoms. The van der Waals surface area contributed by atoms with Gasteiger partial charge in [-0.25, -0.2) is 9.97 Å². The third-order valence-corrected chi connectivity index (χ3v) is 3.04. The Morgan fingerprint density at radius 2 is 1.68 bits per heavy atom. The van der Waals surface area contributed by atoms with Crippen LogP contribution in [0.1, 0.15) is 16.2 Å². The Balaban J connectivity index is 2.25. The topological polar surface area (TPSA) is 42.9 Å². The van der Waals surface area contributed by atoms with Crippen molar-refractivity contribution in [2.45, 2.75) is 6.92 Å². The number of nitrogens with zero attached hydrogens (tertiary/aromatic N) is 2. The lowest BCUT2D eigenvalue weighted by Gasteiger charge is -2.07. The third kappa shape index (κ3) is 2.10. The number of fused-ring (bicyclic) bond motifs is 1. The van der Waals surface area contributed by atoms with Crippen LogP contribution in [0.4, 0.5) is 0 Å². The van der Waals surface area contributed by atoms with Gasteiger partial charge >= 0.3 is 0 Å². The van der Waals surface area contributed by atoms with Crippen LogP contribution in [-0.2, 0) is 0 Å². The minimum atomic E-state index is 0.666. The van der Waals surface area contributed by atoms with Gasteiger partial charge in [-0.05, 0) is 13.0 Å². The van der Waals surface area contributed by atoms with E-state index in [1.54, 1.807) is 12.1 Å². The molecule has 2 aromatic carbocycles. The molecule has 19 heavy (non-hydrogen) atoms. The van der Waals surface area contributed by atoms with Gasteiger partial charge in [0.15, 0.2) is 0 Å². The first-order valence-electron chi connectivity index (χ1n) is 6.07. The van der Waals surface area contributed by atoms with E-state index >= 15 is 0 Å². The number of carbonyl (C=O) groups excluding carboxylic acids is 1. The monoisotopic (exact) mass is 248 g/mol. The highest BCUT2D eigenvalue weighted by atomic mass is 16.1. The fourth-order valence-corrected chi connectivity index (χ4v) is 2.13. The van der Waals surface area contributed by atoms with Gasteiger partial charge < -0.3 is 0 Å². The maximum absolute atomic E-state index is 10.7. The summed E-state index contributed by atoms with van der Waals surface area (Å²) in [5.74, 6) is 0.744. The summed E-state index contributed by atoms with van der Waals surface area (Å²) in [6, 6.07) is 15.4. The number of hydrogen-bond donors (Lipinski definition) is 0. The Morgan fingerprint density at radius 1 is 0.947 bits per heavy atom. The van der Waals surface area contributed by atoms with Gasteiger partial charge in [-0.2, -0.15) is 0 Å². The van der Waals surface area contributed by atoms with Crippen LogP contribution in [0.15, 0.2) is 48.5 Å². The fourth-order valence-electron chi connectivity index (χ4n) is 2.13. The zero-order chi connectivity index (χ0) is 13.2. The second kappa shape index (κ2) is 4.61. The van der Waals surface area contributed by atoms with Gasteiger partial charge in [0.1, 0.15) is 12.1 Å². The summed E-state index contributed by atoms with van der Waals surface area (Å²) >= 11 is 0. The zero-order valence-electron chi connectivity index (χ0n) is 10.5. The van der Waals surface area contributed by atoms with E-state index in [1.165, 1.54) is 0 Å². The van der Waals surface area contributed by atoms with Crippen LogP contribution in [0.2, 0.25) is 0 Å². The lowest BCUT2D eigenvalue weighted by Crippen LogP contribution is -1.94. The molecule has 0 fully saturated rings. The molecule has 0 aliphatic carbocycles. The van der Waals surface area contributed by atoms with Crippen LogP contribution < -0.4 is 0 Å². The number of benzene rings is 2. The van der Waals surface area contributed by atoms with E-state index < -0.39 is 0 Å². The zero-order valence-corrected chi connectivity index (χ0v) is 10.5. The summed E-state index contributed by atoms with van der Waals surface area (Å²) in [5.41, 5.74) is 3.50. The minimum Gasteiger partial charge on any atom is -0.298 e. The molecule has 0 aliphatic rings. The van der Waals surface area contributed by atoms with Crippen LogP contribution in [0.25, 0.3) is 22.2 Å². The highest BCUT2D eigenvalue weighted by molar-refractivity contribution is 5.92. The normalized spacial score (nSPS) is 10.6. The fraction of sp³-hybridized carbons (Fsp3) is 0.0625. The molecule has 0 amide bonds. The maximum atomic E-state index is 10.7. The number of aromatic nitrogens is 2. The van der Waals surface area contributed by atoms with Crippen LogP contribution in [-0.4, -0.2) is 16.3 Å². The smallest absolute Gasteiger partial charge is 0.150 e. The molecular weight excluding hydrogens is 236 g/mol. The van der Waals surface area contributed by atoms with Gasteiger partial charge in [0.25, 0.3) is 0 Å². The third-order valence-electron chi connectivity index (χ3n) is 3.04. The molecule has 0 bridgehead atoms. The Morgan fingerprint density at radius 3 is 2.42 bits per heavy atom. The van der Waals surface area contributed by atoms with Gasteiger partial charge in [-0.15, -0.1) is 0 Å². The second-order valence-electron chi connectivity index (χ2n) is 4.38. The van der Waals surface area contributed by atoms with Crippen molar-refractivity contribution in [1.82, 2.24) is 9.97 Å². The van der Waals surface area contributed by atoms with Crippen molar-refractivity contribution in [2.75, 3.05) is 0 Å². The average Bonchev–Trinajstić information content (AvgIpc) is 2.46. The first kappa shape index (κ1) is 11.5. The molecule has 1 aromatic heterocycles. The summed E-state index contributed by atoms with van der Waals surface area (Å²) < 4.78 is 0. The SMILES string of the molecule is Cc1nc(-c2ccc(C=O)cc2)c2ccccc2n1. The summed E-state index contributed by atoms with van der Waals surface area (Å²) in [6.07, 6.45) is 0.840. The number of rotatable bonds is 2. The first-order chi connectivity index (χ1) is 9.28. The molecule has 1 heterocycles. The second-order valence-corrected chi connectivity index (χ2v) is 4.38. The van der Waals surface area contributed by atoms with E-state index in [4.69, 9.17) is 0 Å². The van der Waals surface area contributed by atoms with E-state index in [9.17, 15) is 4.79 Å². The minimum absolute atomic E-state index is 0.666. The molecule has 3 heteroatoms. The molecule has 0 saturated heterocycles. The molecule has 0 aliphatic heterocycles. The summed E-state index contributed by atoms with van der Waals surface area (Å²) in [6.45, 7) is 1.88. The first-order valence-corrected chi connectivity index (χ1v) is 6.07. The van der Waals surface area contributed by atoms with E-state index in [0.29, 0.717) is 5.56 Å². The van der Waals surface area contributed by atoms with Crippen LogP contribution in [0.5, 0.6) is 0 Å². The lowest BCUT2D eigenvalue weighted by atomic mass is 10.0. The Hall–Kier alpha value is -2.55. The standard InChI is InChI=1S/C16H12N2O/c1-11-17-15-5-3-2-4-14(15)16(18-11)13-8-6-12(10-19)7-9-13/h2-10H,1H3. The summed E-state index contributed by atoms with van der Waals surface area (Å²) in [7, 11) is 0. The molecule has 0 radical (unpaired) electrons. The van der Waals surface area contributed by atoms with Crippen molar-refractivity contribution in [3.8, 4) is 11.3 Å². The largest absolute Gasteiger partial charge is 0.298 e. The van der Waals surface area contributed by atoms with Crippen molar-refractivity contribution >= 4 is 17.2 Å². The summed E-state index contributed by atoms with van der Waals surface area (Å²) in [5, 5.41) is 1.02. The van der Waals surface area contributed by atoms with Crippen molar-refractivity contribution in [3.63, 3.8) is 0 Å². The molecule has 3 rings (SSSR count). The molecular formula is C16H12N2O. The van der Waals surface area contributed by atoms with E-state index in [1.807, 2.05) is 43.3 Å². The van der Waals surface area contributed by atoms with Crippen LogP contribution >= 0.6 is 0 Å². The quantitative estimate of drug-likeness (QED) is 0.653. The van der Waals surface area contributed by atoms with E-state index in [-0.39, 0.29) is 0 Å². The van der Waals surface area contributed by atoms with Crippen molar-refractivity contribution < 1.29 is 4.79 Å². The molecule has 92 valence electrons. The number of para-hydroxylation sites is 1. The molecule has 0 atom stereocenters. The molecule has 0 unspecified atom stereocenters. The van der Waals surface area contributed by atoms with E-state index in [0.717, 1.165) is 34.3 Å². The van der Waals surface area contributed by atoms with Crippen LogP contribution in [0.3, 0.4) is 0 Å². The highest BCUT2D eigenvalue weighted by Gasteiger charge is 2.07. The summed E-state index contributed by atoms with van der Waals surface area (Å²) in [4.78, 5) is 19.7. The van der Waals surface area contributed by atoms with Gasteiger partial charge in [-0.3, -0.25) is 4.79 Å². The number of aryl methyl sites for hydroxylation is 1. The van der Waals surface area contributed by atoms with Crippen LogP contribution in [0, 0.1) is 6.92 Å². The predicted molar refractivity (Wildman–Crippen MR) is 75.1 cm³/mol. The average molecular weight is 248 g/mol. The molecule has 3 nitrogen and oxygen atoms in total. The van der Waals surface area contributed by atoms with Gasteiger partial charge in [0.05, 0.1) is 11.2 Å². The van der Waals surface area contributed by atoms with Gasteiger partial charge in [0.2, 0.25) is 0 Å². The Kier molecular flexibility index (Phi) is 2.80. The van der Waals surface area contributed by atoms with Crippen molar-refractivity contribution in [3.05, 3.63) is 59.9 Å². The molecule has 0 saturated carbocycles. The van der Waals surface area contributed by atoms with Gasteiger partial charge in [0, 0.05) is 16.5 Å². The Bertz CT molecular complexity index is 748. The predicted octanol–water partition coefficient (Wildman–Crippen LogP) is 3.42. The highest BCUT2D eigenvalue weighted by Crippen LogP contribution is 2.25. The molecule has 0 N–H and O–H groups in total. The van der Waals surface area contributed by atoms with Crippen molar-refractivity contribution in [1.29, 1.82) is 0 Å².